The van der Waals surface area contributed by atoms with E-state index >= 15 is 0 Å². The maximum absolute atomic E-state index is 14.1. The number of rotatable bonds is 12. The molecule has 10 nitrogen and oxygen atoms in total. The SMILES string of the molecule is Cc1ccc(OCC2CC2)c(-c2ncnc3c(C(=O)NC4CCC(N(C(=O)O)C(C)(C)C)CC4)c(C)n(COCC[Si](C)(C)C)c23)c1. The van der Waals surface area contributed by atoms with Crippen LogP contribution >= 0.6 is 0 Å². The topological polar surface area (TPSA) is 119 Å². The quantitative estimate of drug-likeness (QED) is 0.151. The van der Waals surface area contributed by atoms with Crippen LogP contribution in [0.4, 0.5) is 4.79 Å². The van der Waals surface area contributed by atoms with Gasteiger partial charge in [0.25, 0.3) is 5.91 Å². The van der Waals surface area contributed by atoms with Gasteiger partial charge in [-0.3, -0.25) is 4.79 Å². The van der Waals surface area contributed by atoms with Crippen LogP contribution in [0.2, 0.25) is 25.7 Å². The molecule has 2 aliphatic rings. The number of aryl methyl sites for hydroxylation is 1. The molecule has 3 aromatic rings. The molecule has 0 saturated heterocycles. The van der Waals surface area contributed by atoms with Crippen molar-refractivity contribution in [1.82, 2.24) is 24.8 Å². The first-order valence-electron chi connectivity index (χ1n) is 17.1. The standard InChI is InChI=1S/C36H53N5O5Si/c1-23-9-16-29(46-20-25-10-11-25)28(19-23)31-33-32(38-21-37-31)30(24(2)40(33)22-45-17-18-47(6,7)8)34(42)39-26-12-14-27(15-13-26)41(35(43)44)36(3,4)5/h9,16,19,21,25-27H,10-15,17-18,20,22H2,1-8H3,(H,39,42)(H,43,44). The van der Waals surface area contributed by atoms with Crippen LogP contribution in [0.5, 0.6) is 5.75 Å². The molecular weight excluding hydrogens is 611 g/mol. The number of aromatic nitrogens is 3. The van der Waals surface area contributed by atoms with Crippen molar-refractivity contribution in [3.63, 3.8) is 0 Å². The lowest BCUT2D eigenvalue weighted by atomic mass is 9.88. The van der Waals surface area contributed by atoms with Crippen LogP contribution in [0.25, 0.3) is 22.3 Å². The second kappa shape index (κ2) is 14.0. The highest BCUT2D eigenvalue weighted by Crippen LogP contribution is 2.38. The highest BCUT2D eigenvalue weighted by molar-refractivity contribution is 6.76. The monoisotopic (exact) mass is 663 g/mol. The summed E-state index contributed by atoms with van der Waals surface area (Å²) in [5.74, 6) is 1.20. The van der Waals surface area contributed by atoms with Crippen molar-refractivity contribution in [2.24, 2.45) is 5.92 Å². The lowest BCUT2D eigenvalue weighted by molar-refractivity contribution is 0.0519. The fraction of sp³-hybridized carbons (Fsp3) is 0.611. The van der Waals surface area contributed by atoms with E-state index < -0.39 is 19.7 Å². The molecule has 0 radical (unpaired) electrons. The average Bonchev–Trinajstić information content (AvgIpc) is 3.76. The molecular formula is C36H53N5O5Si. The van der Waals surface area contributed by atoms with E-state index in [0.29, 0.717) is 55.9 Å². The maximum Gasteiger partial charge on any atom is 0.407 e. The third kappa shape index (κ3) is 8.35. The van der Waals surface area contributed by atoms with Gasteiger partial charge in [-0.05, 0) is 97.2 Å². The Hall–Kier alpha value is -3.44. The lowest BCUT2D eigenvalue weighted by Gasteiger charge is -2.42. The lowest BCUT2D eigenvalue weighted by Crippen LogP contribution is -2.53. The van der Waals surface area contributed by atoms with Gasteiger partial charge in [-0.15, -0.1) is 0 Å². The number of hydrogen-bond donors (Lipinski definition) is 2. The largest absolute Gasteiger partial charge is 0.493 e. The van der Waals surface area contributed by atoms with Gasteiger partial charge in [-0.2, -0.15) is 0 Å². The molecule has 2 heterocycles. The van der Waals surface area contributed by atoms with E-state index in [9.17, 15) is 14.7 Å². The first kappa shape index (κ1) is 34.9. The Balaban J connectivity index is 1.46. The number of hydrogen-bond acceptors (Lipinski definition) is 6. The molecule has 2 saturated carbocycles. The van der Waals surface area contributed by atoms with Crippen molar-refractivity contribution in [2.75, 3.05) is 13.2 Å². The van der Waals surface area contributed by atoms with E-state index in [-0.39, 0.29) is 24.7 Å². The van der Waals surface area contributed by atoms with E-state index in [2.05, 4.69) is 44.0 Å². The number of carboxylic acid groups (broad SMARTS) is 1. The van der Waals surface area contributed by atoms with Gasteiger partial charge >= 0.3 is 6.09 Å². The first-order chi connectivity index (χ1) is 22.1. The van der Waals surface area contributed by atoms with Gasteiger partial charge < -0.3 is 29.4 Å². The first-order valence-corrected chi connectivity index (χ1v) is 20.8. The highest BCUT2D eigenvalue weighted by atomic mass is 28.3. The molecule has 0 aliphatic heterocycles. The van der Waals surface area contributed by atoms with Gasteiger partial charge in [-0.25, -0.2) is 14.8 Å². The summed E-state index contributed by atoms with van der Waals surface area (Å²) in [5.41, 5.74) is 4.85. The van der Waals surface area contributed by atoms with Crippen molar-refractivity contribution >= 4 is 31.1 Å². The van der Waals surface area contributed by atoms with E-state index in [0.717, 1.165) is 39.8 Å². The number of nitrogens with one attached hydrogen (secondary N) is 1. The number of carbonyl (C=O) groups is 2. The summed E-state index contributed by atoms with van der Waals surface area (Å²) in [6, 6.07) is 7.08. The maximum atomic E-state index is 14.1. The fourth-order valence-corrected chi connectivity index (χ4v) is 7.39. The van der Waals surface area contributed by atoms with Gasteiger partial charge in [0, 0.05) is 43.6 Å². The second-order valence-electron chi connectivity index (χ2n) is 15.7. The molecule has 1 aromatic carbocycles. The summed E-state index contributed by atoms with van der Waals surface area (Å²) in [6.45, 7) is 18.4. The Bertz CT molecular complexity index is 1600. The molecule has 2 aromatic heterocycles. The molecule has 0 atom stereocenters. The smallest absolute Gasteiger partial charge is 0.407 e. The molecule has 2 amide bonds. The minimum Gasteiger partial charge on any atom is -0.493 e. The summed E-state index contributed by atoms with van der Waals surface area (Å²) in [7, 11) is -1.30. The van der Waals surface area contributed by atoms with E-state index in [1.807, 2.05) is 38.3 Å². The summed E-state index contributed by atoms with van der Waals surface area (Å²) in [5, 5.41) is 13.2. The average molecular weight is 664 g/mol. The van der Waals surface area contributed by atoms with Crippen LogP contribution in [0.1, 0.15) is 80.9 Å². The van der Waals surface area contributed by atoms with Crippen molar-refractivity contribution in [1.29, 1.82) is 0 Å². The fourth-order valence-electron chi connectivity index (χ4n) is 6.63. The second-order valence-corrected chi connectivity index (χ2v) is 21.3. The predicted octanol–water partition coefficient (Wildman–Crippen LogP) is 7.64. The molecule has 0 unspecified atom stereocenters. The zero-order valence-corrected chi connectivity index (χ0v) is 30.5. The van der Waals surface area contributed by atoms with Crippen molar-refractivity contribution in [3.8, 4) is 17.0 Å². The normalized spacial score (nSPS) is 18.7. The Morgan fingerprint density at radius 1 is 1.06 bits per heavy atom. The molecule has 47 heavy (non-hydrogen) atoms. The third-order valence-electron chi connectivity index (χ3n) is 9.43. The summed E-state index contributed by atoms with van der Waals surface area (Å²) < 4.78 is 14.6. The van der Waals surface area contributed by atoms with Gasteiger partial charge in [0.1, 0.15) is 30.0 Å². The Labute approximate surface area is 280 Å². The van der Waals surface area contributed by atoms with Gasteiger partial charge in [-0.1, -0.05) is 31.3 Å². The number of amides is 2. The van der Waals surface area contributed by atoms with Crippen molar-refractivity contribution in [3.05, 3.63) is 41.3 Å². The van der Waals surface area contributed by atoms with Gasteiger partial charge in [0.15, 0.2) is 0 Å². The molecule has 2 aliphatic carbocycles. The van der Waals surface area contributed by atoms with Gasteiger partial charge in [0.05, 0.1) is 17.7 Å². The number of nitrogens with zero attached hydrogens (tertiary/aromatic N) is 4. The Morgan fingerprint density at radius 3 is 2.38 bits per heavy atom. The van der Waals surface area contributed by atoms with Crippen LogP contribution in [0, 0.1) is 19.8 Å². The molecule has 5 rings (SSSR count). The van der Waals surface area contributed by atoms with Crippen LogP contribution in [-0.4, -0.2) is 75.5 Å². The van der Waals surface area contributed by atoms with Crippen molar-refractivity contribution < 1.29 is 24.2 Å². The van der Waals surface area contributed by atoms with Crippen molar-refractivity contribution in [2.45, 2.75) is 123 Å². The zero-order chi connectivity index (χ0) is 34.1. The Kier molecular flexibility index (Phi) is 10.4. The van der Waals surface area contributed by atoms with Crippen LogP contribution in [0.15, 0.2) is 24.5 Å². The number of ether oxygens (including phenoxy) is 2. The van der Waals surface area contributed by atoms with E-state index in [4.69, 9.17) is 19.4 Å². The van der Waals surface area contributed by atoms with Crippen LogP contribution in [0.3, 0.4) is 0 Å². The Morgan fingerprint density at radius 2 is 1.77 bits per heavy atom. The van der Waals surface area contributed by atoms with Gasteiger partial charge in [0.2, 0.25) is 0 Å². The molecule has 2 fully saturated rings. The summed E-state index contributed by atoms with van der Waals surface area (Å²) in [6.07, 6.45) is 5.85. The predicted molar refractivity (Wildman–Crippen MR) is 188 cm³/mol. The third-order valence-corrected chi connectivity index (χ3v) is 11.1. The van der Waals surface area contributed by atoms with E-state index in [1.165, 1.54) is 19.2 Å². The summed E-state index contributed by atoms with van der Waals surface area (Å²) >= 11 is 0. The molecule has 0 spiro atoms. The minimum absolute atomic E-state index is 0.0549. The zero-order valence-electron chi connectivity index (χ0n) is 29.5. The van der Waals surface area contributed by atoms with Crippen LogP contribution < -0.4 is 10.1 Å². The van der Waals surface area contributed by atoms with Crippen LogP contribution in [-0.2, 0) is 11.5 Å². The number of benzene rings is 1. The van der Waals surface area contributed by atoms with E-state index in [1.54, 1.807) is 4.90 Å². The minimum atomic E-state index is -1.30. The number of carbonyl (C=O) groups excluding carboxylic acids is 1. The molecule has 11 heteroatoms. The molecule has 2 N–H and O–H groups in total. The highest BCUT2D eigenvalue weighted by Gasteiger charge is 2.36. The number of fused-ring (bicyclic) bond motifs is 1. The molecule has 256 valence electrons. The summed E-state index contributed by atoms with van der Waals surface area (Å²) in [4.78, 5) is 37.2. The molecule has 0 bridgehead atoms.